The summed E-state index contributed by atoms with van der Waals surface area (Å²) in [6.45, 7) is 9.12. The highest BCUT2D eigenvalue weighted by molar-refractivity contribution is 14.0. The van der Waals surface area contributed by atoms with Gasteiger partial charge in [-0.3, -0.25) is 14.6 Å². The number of carbonyl (C=O) groups excluding carboxylic acids is 2. The van der Waals surface area contributed by atoms with Gasteiger partial charge < -0.3 is 24.7 Å². The molecule has 0 aliphatic carbocycles. The zero-order valence-corrected chi connectivity index (χ0v) is 19.3. The second kappa shape index (κ2) is 11.9. The van der Waals surface area contributed by atoms with E-state index in [1.165, 1.54) is 13.4 Å². The third kappa shape index (κ3) is 6.39. The van der Waals surface area contributed by atoms with Gasteiger partial charge in [0.15, 0.2) is 11.7 Å². The minimum absolute atomic E-state index is 0. The molecule has 0 spiro atoms. The van der Waals surface area contributed by atoms with E-state index in [4.69, 9.17) is 9.15 Å². The van der Waals surface area contributed by atoms with Crippen molar-refractivity contribution in [3.05, 3.63) is 23.7 Å². The average molecular weight is 506 g/mol. The molecule has 0 radical (unpaired) electrons. The minimum atomic E-state index is -0.206. The van der Waals surface area contributed by atoms with Gasteiger partial charge in [-0.05, 0) is 32.3 Å². The maximum Gasteiger partial charge on any atom is 0.310 e. The van der Waals surface area contributed by atoms with Crippen molar-refractivity contribution < 1.29 is 18.7 Å². The van der Waals surface area contributed by atoms with Crippen LogP contribution in [0.5, 0.6) is 0 Å². The molecule has 2 rings (SSSR count). The molecule has 8 nitrogen and oxygen atoms in total. The maximum absolute atomic E-state index is 12.0. The number of nitrogens with one attached hydrogen (secondary N) is 2. The fourth-order valence-electron chi connectivity index (χ4n) is 3.18. The standard InChI is InChI=1S/C19H30N4O4.HI/c1-5-20-19(23-11-14(3)15(12-23)18(25)26-4)22-9-6-8-21-17(24)16-13(2)7-10-27-16;/h7,10,14-15H,5-6,8-9,11-12H2,1-4H3,(H,20,22)(H,21,24);1H. The Hall–Kier alpha value is -1.78. The summed E-state index contributed by atoms with van der Waals surface area (Å²) in [4.78, 5) is 30.6. The van der Waals surface area contributed by atoms with Crippen molar-refractivity contribution in [2.24, 2.45) is 16.8 Å². The normalized spacial score (nSPS) is 19.1. The average Bonchev–Trinajstić information content (AvgIpc) is 3.25. The number of furan rings is 1. The highest BCUT2D eigenvalue weighted by Crippen LogP contribution is 2.24. The molecule has 2 unspecified atom stereocenters. The summed E-state index contributed by atoms with van der Waals surface area (Å²) >= 11 is 0. The van der Waals surface area contributed by atoms with Gasteiger partial charge in [-0.1, -0.05) is 6.92 Å². The number of halogens is 1. The SMILES string of the molecule is CCNC(=NCCCNC(=O)c1occc1C)N1CC(C)C(C(=O)OC)C1.I. The number of carbonyl (C=O) groups is 2. The first kappa shape index (κ1) is 24.3. The van der Waals surface area contributed by atoms with Gasteiger partial charge in [0, 0.05) is 38.3 Å². The predicted octanol–water partition coefficient (Wildman–Crippen LogP) is 2.03. The summed E-state index contributed by atoms with van der Waals surface area (Å²) in [6.07, 6.45) is 2.22. The van der Waals surface area contributed by atoms with E-state index in [-0.39, 0.29) is 47.7 Å². The van der Waals surface area contributed by atoms with Crippen LogP contribution in [-0.4, -0.2) is 62.6 Å². The molecule has 1 amide bonds. The molecule has 1 aliphatic rings. The molecular formula is C19H31IN4O4. The van der Waals surface area contributed by atoms with Crippen molar-refractivity contribution in [2.75, 3.05) is 39.8 Å². The number of likely N-dealkylation sites (tertiary alicyclic amines) is 1. The lowest BCUT2D eigenvalue weighted by atomic mass is 9.99. The van der Waals surface area contributed by atoms with Crippen LogP contribution >= 0.6 is 24.0 Å². The Labute approximate surface area is 183 Å². The van der Waals surface area contributed by atoms with E-state index in [1.54, 1.807) is 6.07 Å². The van der Waals surface area contributed by atoms with Gasteiger partial charge in [-0.25, -0.2) is 0 Å². The van der Waals surface area contributed by atoms with Crippen LogP contribution in [0.3, 0.4) is 0 Å². The van der Waals surface area contributed by atoms with Gasteiger partial charge in [0.2, 0.25) is 0 Å². The van der Waals surface area contributed by atoms with E-state index in [0.717, 1.165) is 24.6 Å². The number of hydrogen-bond acceptors (Lipinski definition) is 5. The molecule has 1 aliphatic heterocycles. The number of aliphatic imine (C=N–C) groups is 1. The second-order valence-electron chi connectivity index (χ2n) is 6.79. The Morgan fingerprint density at radius 3 is 2.71 bits per heavy atom. The number of ether oxygens (including phenoxy) is 1. The maximum atomic E-state index is 12.0. The molecule has 0 saturated carbocycles. The van der Waals surface area contributed by atoms with Crippen LogP contribution < -0.4 is 10.6 Å². The van der Waals surface area contributed by atoms with E-state index in [1.807, 2.05) is 13.8 Å². The lowest BCUT2D eigenvalue weighted by Gasteiger charge is -2.21. The van der Waals surface area contributed by atoms with E-state index in [2.05, 4.69) is 27.4 Å². The van der Waals surface area contributed by atoms with Crippen molar-refractivity contribution in [3.63, 3.8) is 0 Å². The highest BCUT2D eigenvalue weighted by atomic mass is 127. The number of amides is 1. The fourth-order valence-corrected chi connectivity index (χ4v) is 3.18. The monoisotopic (exact) mass is 506 g/mol. The Bertz CT molecular complexity index is 677. The van der Waals surface area contributed by atoms with Gasteiger partial charge in [-0.2, -0.15) is 0 Å². The molecular weight excluding hydrogens is 475 g/mol. The van der Waals surface area contributed by atoms with E-state index in [9.17, 15) is 9.59 Å². The molecule has 2 N–H and O–H groups in total. The summed E-state index contributed by atoms with van der Waals surface area (Å²) in [5.41, 5.74) is 0.822. The lowest BCUT2D eigenvalue weighted by Crippen LogP contribution is -2.40. The Kier molecular flexibility index (Phi) is 10.3. The van der Waals surface area contributed by atoms with Crippen LogP contribution in [0, 0.1) is 18.8 Å². The third-order valence-electron chi connectivity index (χ3n) is 4.70. The van der Waals surface area contributed by atoms with Crippen LogP contribution in [-0.2, 0) is 9.53 Å². The smallest absolute Gasteiger partial charge is 0.310 e. The largest absolute Gasteiger partial charge is 0.469 e. The van der Waals surface area contributed by atoms with Crippen molar-refractivity contribution in [3.8, 4) is 0 Å². The third-order valence-corrected chi connectivity index (χ3v) is 4.70. The molecule has 9 heteroatoms. The summed E-state index contributed by atoms with van der Waals surface area (Å²) in [5.74, 6) is 0.863. The summed E-state index contributed by atoms with van der Waals surface area (Å²) in [7, 11) is 1.43. The molecule has 158 valence electrons. The molecule has 0 bridgehead atoms. The first-order valence-corrected chi connectivity index (χ1v) is 9.41. The zero-order chi connectivity index (χ0) is 19.8. The first-order chi connectivity index (χ1) is 13.0. The number of hydrogen-bond donors (Lipinski definition) is 2. The second-order valence-corrected chi connectivity index (χ2v) is 6.79. The Morgan fingerprint density at radius 2 is 2.11 bits per heavy atom. The molecule has 1 fully saturated rings. The van der Waals surface area contributed by atoms with Crippen LogP contribution in [0.4, 0.5) is 0 Å². The summed E-state index contributed by atoms with van der Waals surface area (Å²) in [5, 5.41) is 6.11. The van der Waals surface area contributed by atoms with Gasteiger partial charge in [0.1, 0.15) is 0 Å². The van der Waals surface area contributed by atoms with E-state index >= 15 is 0 Å². The van der Waals surface area contributed by atoms with Crippen LogP contribution in [0.2, 0.25) is 0 Å². The molecule has 1 aromatic rings. The highest BCUT2D eigenvalue weighted by Gasteiger charge is 2.36. The zero-order valence-electron chi connectivity index (χ0n) is 17.0. The van der Waals surface area contributed by atoms with Gasteiger partial charge >= 0.3 is 5.97 Å². The molecule has 2 atom stereocenters. The number of rotatable bonds is 7. The van der Waals surface area contributed by atoms with Crippen LogP contribution in [0.1, 0.15) is 36.4 Å². The van der Waals surface area contributed by atoms with Crippen molar-refractivity contribution in [2.45, 2.75) is 27.2 Å². The molecule has 1 saturated heterocycles. The van der Waals surface area contributed by atoms with Gasteiger partial charge in [0.05, 0.1) is 19.3 Å². The van der Waals surface area contributed by atoms with Gasteiger partial charge in [0.25, 0.3) is 5.91 Å². The van der Waals surface area contributed by atoms with Crippen molar-refractivity contribution in [1.82, 2.24) is 15.5 Å². The number of aryl methyl sites for hydroxylation is 1. The molecule has 28 heavy (non-hydrogen) atoms. The summed E-state index contributed by atoms with van der Waals surface area (Å²) < 4.78 is 10.1. The van der Waals surface area contributed by atoms with E-state index < -0.39 is 0 Å². The number of guanidine groups is 1. The minimum Gasteiger partial charge on any atom is -0.469 e. The Morgan fingerprint density at radius 1 is 1.36 bits per heavy atom. The lowest BCUT2D eigenvalue weighted by molar-refractivity contribution is -0.145. The topological polar surface area (TPSA) is 96.2 Å². The Balaban J connectivity index is 0.00000392. The van der Waals surface area contributed by atoms with E-state index in [0.29, 0.717) is 31.8 Å². The predicted molar refractivity (Wildman–Crippen MR) is 118 cm³/mol. The van der Waals surface area contributed by atoms with Crippen molar-refractivity contribution in [1.29, 1.82) is 0 Å². The fraction of sp³-hybridized carbons (Fsp3) is 0.632. The summed E-state index contributed by atoms with van der Waals surface area (Å²) in [6, 6.07) is 1.76. The number of nitrogens with zero attached hydrogens (tertiary/aromatic N) is 2. The van der Waals surface area contributed by atoms with Crippen LogP contribution in [0.25, 0.3) is 0 Å². The first-order valence-electron chi connectivity index (χ1n) is 9.41. The number of methoxy groups -OCH3 is 1. The molecule has 1 aromatic heterocycles. The van der Waals surface area contributed by atoms with Crippen LogP contribution in [0.15, 0.2) is 21.7 Å². The quantitative estimate of drug-likeness (QED) is 0.193. The number of esters is 1. The molecule has 0 aromatic carbocycles. The van der Waals surface area contributed by atoms with Gasteiger partial charge in [-0.15, -0.1) is 24.0 Å². The van der Waals surface area contributed by atoms with Crippen molar-refractivity contribution >= 4 is 41.8 Å². The molecule has 2 heterocycles.